The van der Waals surface area contributed by atoms with Crippen LogP contribution in [0, 0.1) is 0 Å². The lowest BCUT2D eigenvalue weighted by atomic mass is 10.1. The molecular formula is C18H17ClN6O2. The van der Waals surface area contributed by atoms with Gasteiger partial charge < -0.3 is 10.6 Å². The van der Waals surface area contributed by atoms with Crippen molar-refractivity contribution in [3.8, 4) is 11.4 Å². The molecule has 0 aliphatic rings. The molecule has 0 aliphatic heterocycles. The lowest BCUT2D eigenvalue weighted by molar-refractivity contribution is -0.131. The maximum Gasteiger partial charge on any atom is 0.248 e. The van der Waals surface area contributed by atoms with E-state index in [1.165, 1.54) is 4.80 Å². The molecule has 0 spiro atoms. The van der Waals surface area contributed by atoms with Gasteiger partial charge in [-0.1, -0.05) is 35.9 Å². The number of hydrogen-bond donors (Lipinski definition) is 1. The van der Waals surface area contributed by atoms with Gasteiger partial charge in [-0.2, -0.15) is 4.80 Å². The third kappa shape index (κ3) is 4.68. The quantitative estimate of drug-likeness (QED) is 0.696. The second-order valence-electron chi connectivity index (χ2n) is 5.96. The molecule has 3 aromatic rings. The number of likely N-dealkylation sites (N-methyl/N-ethyl adjacent to an activating group) is 1. The van der Waals surface area contributed by atoms with Gasteiger partial charge in [0.2, 0.25) is 17.6 Å². The molecule has 138 valence electrons. The van der Waals surface area contributed by atoms with Gasteiger partial charge in [0, 0.05) is 29.7 Å². The summed E-state index contributed by atoms with van der Waals surface area (Å²) < 4.78 is 0. The highest BCUT2D eigenvalue weighted by Gasteiger charge is 2.13. The third-order valence-electron chi connectivity index (χ3n) is 3.92. The van der Waals surface area contributed by atoms with E-state index in [9.17, 15) is 9.59 Å². The first-order valence-electron chi connectivity index (χ1n) is 8.09. The molecule has 1 aromatic heterocycles. The normalized spacial score (nSPS) is 10.6. The van der Waals surface area contributed by atoms with Crippen LogP contribution in [0.3, 0.4) is 0 Å². The largest absolute Gasteiger partial charge is 0.366 e. The molecule has 2 N–H and O–H groups in total. The molecule has 2 amide bonds. The first-order valence-corrected chi connectivity index (χ1v) is 8.46. The topological polar surface area (TPSA) is 107 Å². The van der Waals surface area contributed by atoms with Gasteiger partial charge in [0.15, 0.2) is 0 Å². The molecule has 27 heavy (non-hydrogen) atoms. The van der Waals surface area contributed by atoms with Crippen molar-refractivity contribution >= 4 is 23.4 Å². The Morgan fingerprint density at radius 2 is 1.78 bits per heavy atom. The van der Waals surface area contributed by atoms with Crippen LogP contribution in [-0.4, -0.2) is 44.0 Å². The van der Waals surface area contributed by atoms with E-state index in [1.807, 2.05) is 12.1 Å². The van der Waals surface area contributed by atoms with Gasteiger partial charge >= 0.3 is 0 Å². The fraction of sp³-hybridized carbons (Fsp3) is 0.167. The Balaban J connectivity index is 1.63. The average Bonchev–Trinajstić information content (AvgIpc) is 3.12. The molecule has 0 aliphatic carbocycles. The molecule has 2 aromatic carbocycles. The molecule has 3 rings (SSSR count). The minimum Gasteiger partial charge on any atom is -0.366 e. The lowest BCUT2D eigenvalue weighted by Crippen LogP contribution is -2.30. The molecule has 0 unspecified atom stereocenters. The van der Waals surface area contributed by atoms with E-state index in [-0.39, 0.29) is 12.5 Å². The third-order valence-corrected chi connectivity index (χ3v) is 4.17. The number of halogens is 1. The van der Waals surface area contributed by atoms with Gasteiger partial charge in [-0.05, 0) is 35.0 Å². The Bertz CT molecular complexity index is 953. The number of nitrogens with zero attached hydrogens (tertiary/aromatic N) is 5. The van der Waals surface area contributed by atoms with Crippen molar-refractivity contribution in [1.29, 1.82) is 0 Å². The molecule has 0 fully saturated rings. The van der Waals surface area contributed by atoms with E-state index in [4.69, 9.17) is 17.3 Å². The highest BCUT2D eigenvalue weighted by atomic mass is 35.5. The number of aromatic nitrogens is 4. The highest BCUT2D eigenvalue weighted by Crippen LogP contribution is 2.14. The molecule has 9 heteroatoms. The van der Waals surface area contributed by atoms with Gasteiger partial charge in [0.1, 0.15) is 6.54 Å². The van der Waals surface area contributed by atoms with E-state index >= 15 is 0 Å². The zero-order valence-corrected chi connectivity index (χ0v) is 15.3. The Kier molecular flexibility index (Phi) is 5.46. The van der Waals surface area contributed by atoms with Crippen LogP contribution in [0.4, 0.5) is 0 Å². The average molecular weight is 385 g/mol. The van der Waals surface area contributed by atoms with Crippen molar-refractivity contribution in [2.45, 2.75) is 13.1 Å². The number of rotatable bonds is 6. The highest BCUT2D eigenvalue weighted by molar-refractivity contribution is 6.30. The van der Waals surface area contributed by atoms with Crippen LogP contribution in [0.5, 0.6) is 0 Å². The molecule has 0 saturated heterocycles. The predicted octanol–water partition coefficient (Wildman–Crippen LogP) is 1.75. The second-order valence-corrected chi connectivity index (χ2v) is 6.40. The van der Waals surface area contributed by atoms with E-state index < -0.39 is 5.91 Å². The van der Waals surface area contributed by atoms with Crippen LogP contribution >= 0.6 is 11.6 Å². The Hall–Kier alpha value is -3.26. The SMILES string of the molecule is CN(Cc1ccc(Cl)cc1)C(=O)Cn1nnc(-c2ccc(C(N)=O)cc2)n1. The van der Waals surface area contributed by atoms with E-state index in [0.717, 1.165) is 5.56 Å². The minimum atomic E-state index is -0.507. The smallest absolute Gasteiger partial charge is 0.248 e. The summed E-state index contributed by atoms with van der Waals surface area (Å²) in [5.74, 6) is -0.301. The van der Waals surface area contributed by atoms with Crippen molar-refractivity contribution in [1.82, 2.24) is 25.1 Å². The van der Waals surface area contributed by atoms with Crippen molar-refractivity contribution in [2.24, 2.45) is 5.73 Å². The number of hydrogen-bond acceptors (Lipinski definition) is 5. The lowest BCUT2D eigenvalue weighted by Gasteiger charge is -2.16. The number of amides is 2. The van der Waals surface area contributed by atoms with Gasteiger partial charge in [0.05, 0.1) is 0 Å². The van der Waals surface area contributed by atoms with Crippen molar-refractivity contribution in [2.75, 3.05) is 7.05 Å². The minimum absolute atomic E-state index is 0.0313. The molecule has 1 heterocycles. The van der Waals surface area contributed by atoms with Crippen molar-refractivity contribution in [3.05, 3.63) is 64.7 Å². The number of carbonyl (C=O) groups is 2. The number of carbonyl (C=O) groups excluding carboxylic acids is 2. The van der Waals surface area contributed by atoms with Crippen LogP contribution in [0.15, 0.2) is 48.5 Å². The number of benzene rings is 2. The predicted molar refractivity (Wildman–Crippen MR) is 99.7 cm³/mol. The maximum atomic E-state index is 12.4. The second kappa shape index (κ2) is 7.96. The summed E-state index contributed by atoms with van der Waals surface area (Å²) in [5, 5.41) is 12.7. The summed E-state index contributed by atoms with van der Waals surface area (Å²) in [4.78, 5) is 26.3. The molecular weight excluding hydrogens is 368 g/mol. The summed E-state index contributed by atoms with van der Waals surface area (Å²) in [6.45, 7) is 0.419. The van der Waals surface area contributed by atoms with Gasteiger partial charge in [-0.25, -0.2) is 0 Å². The van der Waals surface area contributed by atoms with Crippen LogP contribution in [0.2, 0.25) is 5.02 Å². The molecule has 0 saturated carbocycles. The van der Waals surface area contributed by atoms with Crippen LogP contribution < -0.4 is 5.73 Å². The monoisotopic (exact) mass is 384 g/mol. The van der Waals surface area contributed by atoms with Crippen molar-refractivity contribution < 1.29 is 9.59 Å². The number of primary amides is 1. The van der Waals surface area contributed by atoms with Crippen molar-refractivity contribution in [3.63, 3.8) is 0 Å². The van der Waals surface area contributed by atoms with E-state index in [0.29, 0.717) is 28.5 Å². The fourth-order valence-corrected chi connectivity index (χ4v) is 2.53. The van der Waals surface area contributed by atoms with Gasteiger partial charge in [0.25, 0.3) is 0 Å². The Labute approximate surface area is 160 Å². The summed E-state index contributed by atoms with van der Waals surface area (Å²) in [7, 11) is 1.71. The van der Waals surface area contributed by atoms with Crippen LogP contribution in [0.25, 0.3) is 11.4 Å². The van der Waals surface area contributed by atoms with Gasteiger partial charge in [-0.3, -0.25) is 9.59 Å². The summed E-state index contributed by atoms with van der Waals surface area (Å²) in [5.41, 5.74) is 7.25. The summed E-state index contributed by atoms with van der Waals surface area (Å²) in [6.07, 6.45) is 0. The molecule has 0 bridgehead atoms. The van der Waals surface area contributed by atoms with E-state index in [2.05, 4.69) is 15.4 Å². The Morgan fingerprint density at radius 3 is 2.41 bits per heavy atom. The van der Waals surface area contributed by atoms with Gasteiger partial charge in [-0.15, -0.1) is 10.2 Å². The zero-order valence-electron chi connectivity index (χ0n) is 14.5. The molecule has 8 nitrogen and oxygen atoms in total. The first kappa shape index (κ1) is 18.5. The standard InChI is InChI=1S/C18H17ClN6O2/c1-24(10-12-2-8-15(19)9-3-12)16(26)11-25-22-18(21-23-25)14-6-4-13(5-7-14)17(20)27/h2-9H,10-11H2,1H3,(H2,20,27). The summed E-state index contributed by atoms with van der Waals surface area (Å²) >= 11 is 5.86. The fourth-order valence-electron chi connectivity index (χ4n) is 2.40. The molecule has 0 radical (unpaired) electrons. The van der Waals surface area contributed by atoms with Crippen LogP contribution in [0.1, 0.15) is 15.9 Å². The molecule has 0 atom stereocenters. The summed E-state index contributed by atoms with van der Waals surface area (Å²) in [6, 6.07) is 13.8. The van der Waals surface area contributed by atoms with Crippen LogP contribution in [-0.2, 0) is 17.9 Å². The van der Waals surface area contributed by atoms with E-state index in [1.54, 1.807) is 48.3 Å². The first-order chi connectivity index (χ1) is 12.9. The number of nitrogens with two attached hydrogens (primary N) is 1. The maximum absolute atomic E-state index is 12.4. The zero-order chi connectivity index (χ0) is 19.4. The number of tetrazole rings is 1. The Morgan fingerprint density at radius 1 is 1.11 bits per heavy atom.